The minimum absolute atomic E-state index is 0.392. The zero-order chi connectivity index (χ0) is 14.5. The van der Waals surface area contributed by atoms with Crippen LogP contribution < -0.4 is 10.0 Å². The first kappa shape index (κ1) is 15.3. The summed E-state index contributed by atoms with van der Waals surface area (Å²) in [7, 11) is -2.06. The van der Waals surface area contributed by atoms with Crippen molar-refractivity contribution in [2.45, 2.75) is 19.4 Å². The Morgan fingerprint density at radius 3 is 2.37 bits per heavy atom. The molecule has 0 aliphatic carbocycles. The van der Waals surface area contributed by atoms with Gasteiger partial charge in [0.2, 0.25) is 10.0 Å². The molecule has 0 aliphatic rings. The van der Waals surface area contributed by atoms with Crippen LogP contribution in [-0.4, -0.2) is 33.8 Å². The molecule has 0 saturated carbocycles. The highest BCUT2D eigenvalue weighted by Crippen LogP contribution is 2.23. The van der Waals surface area contributed by atoms with E-state index in [0.29, 0.717) is 17.8 Å². The predicted octanol–water partition coefficient (Wildman–Crippen LogP) is 1.42. The average Bonchev–Trinajstić information content (AvgIpc) is 2.35. The topological polar surface area (TPSA) is 84.5 Å². The molecular formula is C12H18N2O4S. The number of nitrogens with one attached hydrogen (secondary N) is 2. The summed E-state index contributed by atoms with van der Waals surface area (Å²) in [6, 6.07) is 6.25. The quantitative estimate of drug-likeness (QED) is 0.773. The van der Waals surface area contributed by atoms with Crippen molar-refractivity contribution in [3.63, 3.8) is 0 Å². The Bertz CT molecular complexity index is 542. The van der Waals surface area contributed by atoms with Crippen LogP contribution in [-0.2, 0) is 19.6 Å². The third-order valence-electron chi connectivity index (χ3n) is 2.45. The maximum Gasteiger partial charge on any atom is 0.328 e. The van der Waals surface area contributed by atoms with Crippen molar-refractivity contribution in [1.29, 1.82) is 0 Å². The Balaban J connectivity index is 2.97. The van der Waals surface area contributed by atoms with E-state index in [-0.39, 0.29) is 0 Å². The fraction of sp³-hybridized carbons (Fsp3) is 0.417. The van der Waals surface area contributed by atoms with Crippen LogP contribution in [0.25, 0.3) is 0 Å². The maximum absolute atomic E-state index is 11.5. The van der Waals surface area contributed by atoms with Crippen LogP contribution in [0.15, 0.2) is 24.3 Å². The first-order chi connectivity index (χ1) is 8.87. The summed E-state index contributed by atoms with van der Waals surface area (Å²) in [4.78, 5) is 11.5. The number of carbonyl (C=O) groups is 1. The highest BCUT2D eigenvalue weighted by molar-refractivity contribution is 7.92. The number of ether oxygens (including phenoxy) is 1. The second-order valence-electron chi connectivity index (χ2n) is 4.05. The highest BCUT2D eigenvalue weighted by atomic mass is 32.2. The molecule has 0 aromatic heterocycles. The van der Waals surface area contributed by atoms with Crippen LogP contribution in [0.2, 0.25) is 0 Å². The Kier molecular flexibility index (Phi) is 5.17. The molecule has 1 rings (SSSR count). The number of methoxy groups -OCH3 is 1. The van der Waals surface area contributed by atoms with Gasteiger partial charge in [-0.15, -0.1) is 0 Å². The fourth-order valence-corrected chi connectivity index (χ4v) is 2.13. The van der Waals surface area contributed by atoms with E-state index in [1.807, 2.05) is 6.92 Å². The molecule has 0 radical (unpaired) electrons. The summed E-state index contributed by atoms with van der Waals surface area (Å²) in [6.07, 6.45) is 1.60. The van der Waals surface area contributed by atoms with Crippen LogP contribution in [0.1, 0.15) is 13.3 Å². The Labute approximate surface area is 113 Å². The van der Waals surface area contributed by atoms with E-state index in [0.717, 1.165) is 6.26 Å². The second-order valence-corrected chi connectivity index (χ2v) is 5.80. The molecule has 7 heteroatoms. The lowest BCUT2D eigenvalue weighted by Crippen LogP contribution is -2.30. The molecule has 0 saturated heterocycles. The van der Waals surface area contributed by atoms with Gasteiger partial charge in [0.25, 0.3) is 0 Å². The molecule has 0 fully saturated rings. The highest BCUT2D eigenvalue weighted by Gasteiger charge is 2.18. The summed E-state index contributed by atoms with van der Waals surface area (Å²) in [5.74, 6) is -0.392. The molecule has 6 nitrogen and oxygen atoms in total. The van der Waals surface area contributed by atoms with E-state index in [1.54, 1.807) is 24.3 Å². The number of anilines is 2. The van der Waals surface area contributed by atoms with Gasteiger partial charge in [-0.05, 0) is 18.6 Å². The first-order valence-electron chi connectivity index (χ1n) is 5.78. The van der Waals surface area contributed by atoms with Gasteiger partial charge in [-0.3, -0.25) is 4.72 Å². The predicted molar refractivity (Wildman–Crippen MR) is 74.6 cm³/mol. The Morgan fingerprint density at radius 2 is 1.89 bits per heavy atom. The average molecular weight is 286 g/mol. The van der Waals surface area contributed by atoms with Crippen molar-refractivity contribution in [2.75, 3.05) is 23.4 Å². The van der Waals surface area contributed by atoms with E-state index in [4.69, 9.17) is 0 Å². The van der Waals surface area contributed by atoms with Crippen molar-refractivity contribution in [3.8, 4) is 0 Å². The number of para-hydroxylation sites is 2. The van der Waals surface area contributed by atoms with Crippen molar-refractivity contribution < 1.29 is 17.9 Å². The van der Waals surface area contributed by atoms with Crippen molar-refractivity contribution in [1.82, 2.24) is 0 Å². The summed E-state index contributed by atoms with van der Waals surface area (Å²) < 4.78 is 29.6. The van der Waals surface area contributed by atoms with E-state index < -0.39 is 22.0 Å². The molecular weight excluding hydrogens is 268 g/mol. The Morgan fingerprint density at radius 1 is 1.32 bits per heavy atom. The molecule has 1 atom stereocenters. The number of rotatable bonds is 6. The fourth-order valence-electron chi connectivity index (χ4n) is 1.56. The third-order valence-corrected chi connectivity index (χ3v) is 3.04. The lowest BCUT2D eigenvalue weighted by Gasteiger charge is -2.18. The summed E-state index contributed by atoms with van der Waals surface area (Å²) in [6.45, 7) is 1.83. The molecule has 0 amide bonds. The second kappa shape index (κ2) is 6.42. The first-order valence-corrected chi connectivity index (χ1v) is 7.67. The number of carbonyl (C=O) groups excluding carboxylic acids is 1. The molecule has 0 bridgehead atoms. The van der Waals surface area contributed by atoms with Gasteiger partial charge in [0, 0.05) is 0 Å². The molecule has 1 unspecified atom stereocenters. The van der Waals surface area contributed by atoms with Crippen molar-refractivity contribution in [3.05, 3.63) is 24.3 Å². The van der Waals surface area contributed by atoms with Crippen LogP contribution >= 0.6 is 0 Å². The van der Waals surface area contributed by atoms with Gasteiger partial charge < -0.3 is 10.1 Å². The van der Waals surface area contributed by atoms with E-state index >= 15 is 0 Å². The van der Waals surface area contributed by atoms with E-state index in [2.05, 4.69) is 14.8 Å². The SMILES string of the molecule is CCC(Nc1ccccc1NS(C)(=O)=O)C(=O)OC. The van der Waals surface area contributed by atoms with Gasteiger partial charge in [-0.2, -0.15) is 0 Å². The van der Waals surface area contributed by atoms with Gasteiger partial charge in [0.15, 0.2) is 0 Å². The molecule has 1 aromatic carbocycles. The lowest BCUT2D eigenvalue weighted by molar-refractivity contribution is -0.141. The maximum atomic E-state index is 11.5. The van der Waals surface area contributed by atoms with Gasteiger partial charge in [0.1, 0.15) is 6.04 Å². The van der Waals surface area contributed by atoms with Crippen LogP contribution in [0, 0.1) is 0 Å². The van der Waals surface area contributed by atoms with E-state index in [1.165, 1.54) is 7.11 Å². The van der Waals surface area contributed by atoms with Gasteiger partial charge in [-0.25, -0.2) is 13.2 Å². The molecule has 19 heavy (non-hydrogen) atoms. The zero-order valence-corrected chi connectivity index (χ0v) is 12.0. The van der Waals surface area contributed by atoms with Crippen LogP contribution in [0.4, 0.5) is 11.4 Å². The van der Waals surface area contributed by atoms with Gasteiger partial charge in [-0.1, -0.05) is 19.1 Å². The number of benzene rings is 1. The standard InChI is InChI=1S/C12H18N2O4S/c1-4-9(12(15)18-2)13-10-7-5-6-8-11(10)14-19(3,16)17/h5-9,13-14H,4H2,1-3H3. The molecule has 0 aliphatic heterocycles. The third kappa shape index (κ3) is 4.78. The molecule has 0 heterocycles. The van der Waals surface area contributed by atoms with Crippen molar-refractivity contribution in [2.24, 2.45) is 0 Å². The molecule has 1 aromatic rings. The van der Waals surface area contributed by atoms with Crippen LogP contribution in [0.5, 0.6) is 0 Å². The molecule has 106 valence electrons. The zero-order valence-electron chi connectivity index (χ0n) is 11.1. The molecule has 2 N–H and O–H groups in total. The monoisotopic (exact) mass is 286 g/mol. The number of hydrogen-bond acceptors (Lipinski definition) is 5. The minimum Gasteiger partial charge on any atom is -0.467 e. The smallest absolute Gasteiger partial charge is 0.328 e. The number of sulfonamides is 1. The number of hydrogen-bond donors (Lipinski definition) is 2. The van der Waals surface area contributed by atoms with Gasteiger partial charge >= 0.3 is 5.97 Å². The van der Waals surface area contributed by atoms with Crippen molar-refractivity contribution >= 4 is 27.4 Å². The number of esters is 1. The summed E-state index contributed by atoms with van der Waals surface area (Å²) in [5.41, 5.74) is 0.928. The van der Waals surface area contributed by atoms with Crippen LogP contribution in [0.3, 0.4) is 0 Å². The summed E-state index contributed by atoms with van der Waals surface area (Å²) >= 11 is 0. The normalized spacial score (nSPS) is 12.6. The minimum atomic E-state index is -3.37. The van der Waals surface area contributed by atoms with E-state index in [9.17, 15) is 13.2 Å². The molecule has 0 spiro atoms. The lowest BCUT2D eigenvalue weighted by atomic mass is 10.2. The Hall–Kier alpha value is -1.76. The largest absolute Gasteiger partial charge is 0.467 e. The summed E-state index contributed by atoms with van der Waals surface area (Å²) in [5, 5.41) is 2.97. The van der Waals surface area contributed by atoms with Gasteiger partial charge in [0.05, 0.1) is 24.7 Å².